The lowest BCUT2D eigenvalue weighted by Gasteiger charge is -2.14. The molecule has 9 heteroatoms. The number of halogens is 4. The standard InChI is InChI=1S/C15H18F2N4O.2ClH/c1-10-7-12(14(22)20-9-15(16,17)8-18)11(2)21(10)13-5-3-4-6-19-13;;/h3-7H,8-9,18H2,1-2H3,(H,20,22);2*1H. The van der Waals surface area contributed by atoms with Crippen molar-refractivity contribution >= 4 is 30.7 Å². The van der Waals surface area contributed by atoms with Crippen LogP contribution >= 0.6 is 24.8 Å². The van der Waals surface area contributed by atoms with E-state index in [1.807, 2.05) is 19.1 Å². The maximum atomic E-state index is 13.1. The number of amides is 1. The second-order valence-electron chi connectivity index (χ2n) is 5.05. The molecule has 5 nitrogen and oxygen atoms in total. The Kier molecular flexibility index (Phi) is 8.32. The molecule has 0 aromatic carbocycles. The Bertz CT molecular complexity index is 678. The Labute approximate surface area is 151 Å². The summed E-state index contributed by atoms with van der Waals surface area (Å²) in [5, 5.41) is 2.22. The molecular formula is C15H20Cl2F2N4O. The lowest BCUT2D eigenvalue weighted by Crippen LogP contribution is -2.41. The Morgan fingerprint density at radius 2 is 2.00 bits per heavy atom. The van der Waals surface area contributed by atoms with Crippen LogP contribution in [0.25, 0.3) is 5.82 Å². The smallest absolute Gasteiger partial charge is 0.277 e. The molecule has 2 rings (SSSR count). The van der Waals surface area contributed by atoms with E-state index in [9.17, 15) is 13.6 Å². The van der Waals surface area contributed by atoms with Gasteiger partial charge in [-0.3, -0.25) is 4.79 Å². The highest BCUT2D eigenvalue weighted by molar-refractivity contribution is 5.95. The molecule has 0 aliphatic rings. The third kappa shape index (κ3) is 4.90. The average molecular weight is 381 g/mol. The fourth-order valence-electron chi connectivity index (χ4n) is 2.21. The van der Waals surface area contributed by atoms with Crippen LogP contribution in [0.15, 0.2) is 30.5 Å². The minimum atomic E-state index is -3.11. The minimum Gasteiger partial charge on any atom is -0.346 e. The van der Waals surface area contributed by atoms with E-state index in [4.69, 9.17) is 5.73 Å². The number of nitrogens with zero attached hydrogens (tertiary/aromatic N) is 2. The van der Waals surface area contributed by atoms with E-state index in [1.54, 1.807) is 29.8 Å². The molecule has 0 atom stereocenters. The number of pyridine rings is 1. The van der Waals surface area contributed by atoms with Crippen LogP contribution in [0.4, 0.5) is 8.78 Å². The number of aromatic nitrogens is 2. The molecule has 1 amide bonds. The SMILES string of the molecule is Cc1cc(C(=O)NCC(F)(F)CN)c(C)n1-c1ccccn1.Cl.Cl. The maximum absolute atomic E-state index is 13.1. The minimum absolute atomic E-state index is 0. The van der Waals surface area contributed by atoms with Gasteiger partial charge in [0.1, 0.15) is 5.82 Å². The van der Waals surface area contributed by atoms with Gasteiger partial charge in [0.25, 0.3) is 11.8 Å². The Hall–Kier alpha value is -1.70. The van der Waals surface area contributed by atoms with E-state index in [1.165, 1.54) is 0 Å². The number of aryl methyl sites for hydroxylation is 1. The first-order valence-electron chi connectivity index (χ1n) is 6.82. The van der Waals surface area contributed by atoms with E-state index in [-0.39, 0.29) is 24.8 Å². The number of carbonyl (C=O) groups excluding carboxylic acids is 1. The zero-order valence-electron chi connectivity index (χ0n) is 13.3. The van der Waals surface area contributed by atoms with Crippen LogP contribution < -0.4 is 11.1 Å². The van der Waals surface area contributed by atoms with Crippen LogP contribution in [-0.4, -0.2) is 34.5 Å². The summed E-state index contributed by atoms with van der Waals surface area (Å²) < 4.78 is 28.0. The third-order valence-electron chi connectivity index (χ3n) is 3.36. The summed E-state index contributed by atoms with van der Waals surface area (Å²) in [5.74, 6) is -2.99. The monoisotopic (exact) mass is 380 g/mol. The number of hydrogen-bond acceptors (Lipinski definition) is 3. The summed E-state index contributed by atoms with van der Waals surface area (Å²) in [7, 11) is 0. The average Bonchev–Trinajstić information content (AvgIpc) is 2.81. The first-order valence-corrected chi connectivity index (χ1v) is 6.82. The Balaban J connectivity index is 0.00000264. The van der Waals surface area contributed by atoms with E-state index < -0.39 is 24.9 Å². The molecule has 134 valence electrons. The van der Waals surface area contributed by atoms with Gasteiger partial charge < -0.3 is 15.6 Å². The van der Waals surface area contributed by atoms with Gasteiger partial charge in [0.05, 0.1) is 18.7 Å². The van der Waals surface area contributed by atoms with Crippen molar-refractivity contribution in [3.05, 3.63) is 47.4 Å². The van der Waals surface area contributed by atoms with Crippen molar-refractivity contribution in [3.8, 4) is 5.82 Å². The van der Waals surface area contributed by atoms with Crippen molar-refractivity contribution in [3.63, 3.8) is 0 Å². The summed E-state index contributed by atoms with van der Waals surface area (Å²) >= 11 is 0. The molecule has 0 fully saturated rings. The number of carbonyl (C=O) groups is 1. The first-order chi connectivity index (χ1) is 10.4. The third-order valence-corrected chi connectivity index (χ3v) is 3.36. The van der Waals surface area contributed by atoms with Crippen LogP contribution in [0.1, 0.15) is 21.7 Å². The zero-order valence-corrected chi connectivity index (χ0v) is 14.9. The lowest BCUT2D eigenvalue weighted by atomic mass is 10.2. The normalized spacial score (nSPS) is 10.5. The van der Waals surface area contributed by atoms with Crippen LogP contribution in [0.3, 0.4) is 0 Å². The van der Waals surface area contributed by atoms with Crippen molar-refractivity contribution in [1.82, 2.24) is 14.9 Å². The van der Waals surface area contributed by atoms with Gasteiger partial charge in [-0.1, -0.05) is 6.07 Å². The van der Waals surface area contributed by atoms with Gasteiger partial charge in [-0.15, -0.1) is 24.8 Å². The molecule has 2 aromatic rings. The van der Waals surface area contributed by atoms with Gasteiger partial charge in [0, 0.05) is 17.6 Å². The summed E-state index contributed by atoms with van der Waals surface area (Å²) in [6.45, 7) is 1.99. The van der Waals surface area contributed by atoms with E-state index >= 15 is 0 Å². The van der Waals surface area contributed by atoms with Crippen molar-refractivity contribution < 1.29 is 13.6 Å². The van der Waals surface area contributed by atoms with Gasteiger partial charge in [0.2, 0.25) is 0 Å². The highest BCUT2D eigenvalue weighted by Gasteiger charge is 2.28. The summed E-state index contributed by atoms with van der Waals surface area (Å²) in [6.07, 6.45) is 1.65. The van der Waals surface area contributed by atoms with Crippen molar-refractivity contribution in [2.45, 2.75) is 19.8 Å². The molecule has 0 aliphatic carbocycles. The van der Waals surface area contributed by atoms with E-state index in [0.717, 1.165) is 5.69 Å². The maximum Gasteiger partial charge on any atom is 0.277 e. The summed E-state index contributed by atoms with van der Waals surface area (Å²) in [5.41, 5.74) is 6.74. The summed E-state index contributed by atoms with van der Waals surface area (Å²) in [4.78, 5) is 16.3. The quantitative estimate of drug-likeness (QED) is 0.837. The molecule has 24 heavy (non-hydrogen) atoms. The van der Waals surface area contributed by atoms with Crippen molar-refractivity contribution in [1.29, 1.82) is 0 Å². The molecule has 2 heterocycles. The molecular weight excluding hydrogens is 361 g/mol. The zero-order chi connectivity index (χ0) is 16.3. The lowest BCUT2D eigenvalue weighted by molar-refractivity contribution is 0.0118. The molecule has 0 unspecified atom stereocenters. The second kappa shape index (κ2) is 8.96. The topological polar surface area (TPSA) is 72.9 Å². The molecule has 0 aliphatic heterocycles. The Morgan fingerprint density at radius 1 is 1.33 bits per heavy atom. The highest BCUT2D eigenvalue weighted by atomic mass is 35.5. The first kappa shape index (κ1) is 22.3. The fraction of sp³-hybridized carbons (Fsp3) is 0.333. The van der Waals surface area contributed by atoms with Crippen molar-refractivity contribution in [2.75, 3.05) is 13.1 Å². The van der Waals surface area contributed by atoms with Crippen molar-refractivity contribution in [2.24, 2.45) is 5.73 Å². The van der Waals surface area contributed by atoms with Gasteiger partial charge in [0.15, 0.2) is 0 Å². The van der Waals surface area contributed by atoms with Crippen LogP contribution in [0.5, 0.6) is 0 Å². The van der Waals surface area contributed by atoms with E-state index in [2.05, 4.69) is 10.3 Å². The van der Waals surface area contributed by atoms with Gasteiger partial charge in [-0.05, 0) is 32.0 Å². The molecule has 0 saturated heterocycles. The van der Waals surface area contributed by atoms with Gasteiger partial charge >= 0.3 is 0 Å². The number of nitrogens with one attached hydrogen (secondary N) is 1. The number of rotatable bonds is 5. The summed E-state index contributed by atoms with van der Waals surface area (Å²) in [6, 6.07) is 7.09. The number of nitrogens with two attached hydrogens (primary N) is 1. The predicted molar refractivity (Wildman–Crippen MR) is 93.9 cm³/mol. The highest BCUT2D eigenvalue weighted by Crippen LogP contribution is 2.19. The molecule has 2 aromatic heterocycles. The largest absolute Gasteiger partial charge is 0.346 e. The van der Waals surface area contributed by atoms with Crippen LogP contribution in [-0.2, 0) is 0 Å². The predicted octanol–water partition coefficient (Wildman–Crippen LogP) is 2.66. The van der Waals surface area contributed by atoms with Crippen LogP contribution in [0, 0.1) is 13.8 Å². The van der Waals surface area contributed by atoms with Crippen LogP contribution in [0.2, 0.25) is 0 Å². The van der Waals surface area contributed by atoms with Gasteiger partial charge in [-0.25, -0.2) is 13.8 Å². The molecule has 0 saturated carbocycles. The fourth-order valence-corrected chi connectivity index (χ4v) is 2.21. The molecule has 0 radical (unpaired) electrons. The number of alkyl halides is 2. The Morgan fingerprint density at radius 3 is 2.54 bits per heavy atom. The van der Waals surface area contributed by atoms with E-state index in [0.29, 0.717) is 17.1 Å². The second-order valence-corrected chi connectivity index (χ2v) is 5.05. The number of hydrogen-bond donors (Lipinski definition) is 2. The molecule has 3 N–H and O–H groups in total. The molecule has 0 spiro atoms. The molecule has 0 bridgehead atoms. The van der Waals surface area contributed by atoms with Gasteiger partial charge in [-0.2, -0.15) is 0 Å².